The van der Waals surface area contributed by atoms with Gasteiger partial charge < -0.3 is 15.2 Å². The number of benzene rings is 1. The zero-order valence-corrected chi connectivity index (χ0v) is 12.5. The van der Waals surface area contributed by atoms with Crippen molar-refractivity contribution in [3.8, 4) is 5.75 Å². The maximum atomic E-state index is 11.3. The van der Waals surface area contributed by atoms with E-state index in [1.165, 1.54) is 0 Å². The second-order valence-corrected chi connectivity index (χ2v) is 5.22. The SMILES string of the molecule is COc1ccc2nc(N[C@H](C(=O)O)C(C)C)c(C)nc2c1. The van der Waals surface area contributed by atoms with Gasteiger partial charge in [-0.2, -0.15) is 0 Å². The number of rotatable bonds is 5. The molecular formula is C15H19N3O3. The normalized spacial score (nSPS) is 12.4. The summed E-state index contributed by atoms with van der Waals surface area (Å²) in [5, 5.41) is 12.2. The number of carboxylic acid groups (broad SMARTS) is 1. The minimum atomic E-state index is -0.902. The van der Waals surface area contributed by atoms with Crippen molar-refractivity contribution in [2.24, 2.45) is 5.92 Å². The average Bonchev–Trinajstić information content (AvgIpc) is 2.43. The number of nitrogens with zero attached hydrogens (tertiary/aromatic N) is 2. The maximum Gasteiger partial charge on any atom is 0.326 e. The van der Waals surface area contributed by atoms with Crippen LogP contribution in [0.15, 0.2) is 18.2 Å². The lowest BCUT2D eigenvalue weighted by Crippen LogP contribution is -2.35. The first kappa shape index (κ1) is 15.0. The zero-order valence-electron chi connectivity index (χ0n) is 12.5. The van der Waals surface area contributed by atoms with Crippen LogP contribution in [-0.2, 0) is 4.79 Å². The molecule has 1 heterocycles. The molecule has 0 spiro atoms. The van der Waals surface area contributed by atoms with Gasteiger partial charge in [0.2, 0.25) is 0 Å². The second-order valence-electron chi connectivity index (χ2n) is 5.22. The molecule has 2 N–H and O–H groups in total. The Bertz CT molecular complexity index is 671. The molecule has 0 fully saturated rings. The highest BCUT2D eigenvalue weighted by Crippen LogP contribution is 2.22. The van der Waals surface area contributed by atoms with Crippen molar-refractivity contribution in [3.05, 3.63) is 23.9 Å². The van der Waals surface area contributed by atoms with Gasteiger partial charge >= 0.3 is 5.97 Å². The summed E-state index contributed by atoms with van der Waals surface area (Å²) in [6.07, 6.45) is 0. The summed E-state index contributed by atoms with van der Waals surface area (Å²) >= 11 is 0. The van der Waals surface area contributed by atoms with Crippen LogP contribution in [0.25, 0.3) is 11.0 Å². The first-order valence-electron chi connectivity index (χ1n) is 6.74. The molecular weight excluding hydrogens is 270 g/mol. The van der Waals surface area contributed by atoms with Gasteiger partial charge in [0.1, 0.15) is 17.6 Å². The summed E-state index contributed by atoms with van der Waals surface area (Å²) in [7, 11) is 1.59. The molecule has 1 aromatic heterocycles. The van der Waals surface area contributed by atoms with Crippen LogP contribution in [0.1, 0.15) is 19.5 Å². The van der Waals surface area contributed by atoms with Crippen LogP contribution >= 0.6 is 0 Å². The lowest BCUT2D eigenvalue weighted by Gasteiger charge is -2.19. The highest BCUT2D eigenvalue weighted by atomic mass is 16.5. The highest BCUT2D eigenvalue weighted by molar-refractivity contribution is 5.80. The van der Waals surface area contributed by atoms with Crippen molar-refractivity contribution in [1.29, 1.82) is 0 Å². The Hall–Kier alpha value is -2.37. The third-order valence-electron chi connectivity index (χ3n) is 3.27. The molecule has 112 valence electrons. The third kappa shape index (κ3) is 3.21. The monoisotopic (exact) mass is 289 g/mol. The lowest BCUT2D eigenvalue weighted by molar-refractivity contribution is -0.138. The maximum absolute atomic E-state index is 11.3. The summed E-state index contributed by atoms with van der Waals surface area (Å²) in [5.74, 6) is 0.243. The van der Waals surface area contributed by atoms with E-state index in [1.807, 2.05) is 13.8 Å². The van der Waals surface area contributed by atoms with Crippen molar-refractivity contribution < 1.29 is 14.6 Å². The summed E-state index contributed by atoms with van der Waals surface area (Å²) in [6, 6.07) is 4.70. The molecule has 21 heavy (non-hydrogen) atoms. The molecule has 1 aromatic carbocycles. The standard InChI is InChI=1S/C15H19N3O3/c1-8(2)13(15(19)20)18-14-9(3)16-12-7-10(21-4)5-6-11(12)17-14/h5-8,13H,1-4H3,(H,17,18)(H,19,20)/t13-/m0/s1. The number of methoxy groups -OCH3 is 1. The molecule has 0 aliphatic rings. The van der Waals surface area contributed by atoms with Crippen LogP contribution < -0.4 is 10.1 Å². The van der Waals surface area contributed by atoms with E-state index >= 15 is 0 Å². The van der Waals surface area contributed by atoms with Crippen molar-refractivity contribution in [2.75, 3.05) is 12.4 Å². The molecule has 2 rings (SSSR count). The van der Waals surface area contributed by atoms with E-state index < -0.39 is 12.0 Å². The number of fused-ring (bicyclic) bond motifs is 1. The number of carbonyl (C=O) groups is 1. The number of hydrogen-bond donors (Lipinski definition) is 2. The number of hydrogen-bond acceptors (Lipinski definition) is 5. The number of carboxylic acids is 1. The molecule has 0 bridgehead atoms. The third-order valence-corrected chi connectivity index (χ3v) is 3.27. The van der Waals surface area contributed by atoms with Gasteiger partial charge in [0, 0.05) is 6.07 Å². The Morgan fingerprint density at radius 3 is 2.57 bits per heavy atom. The predicted molar refractivity (Wildman–Crippen MR) is 80.7 cm³/mol. The van der Waals surface area contributed by atoms with Crippen molar-refractivity contribution >= 4 is 22.8 Å². The Morgan fingerprint density at radius 1 is 1.29 bits per heavy atom. The van der Waals surface area contributed by atoms with Crippen LogP contribution in [-0.4, -0.2) is 34.2 Å². The summed E-state index contributed by atoms with van der Waals surface area (Å²) < 4.78 is 5.16. The van der Waals surface area contributed by atoms with Crippen LogP contribution in [0.3, 0.4) is 0 Å². The van der Waals surface area contributed by atoms with Crippen LogP contribution in [0.4, 0.5) is 5.82 Å². The number of nitrogens with one attached hydrogen (secondary N) is 1. The van der Waals surface area contributed by atoms with Crippen molar-refractivity contribution in [3.63, 3.8) is 0 Å². The minimum absolute atomic E-state index is 0.0599. The van der Waals surface area contributed by atoms with Gasteiger partial charge in [-0.25, -0.2) is 14.8 Å². The molecule has 0 aliphatic heterocycles. The fourth-order valence-electron chi connectivity index (χ4n) is 2.05. The van der Waals surface area contributed by atoms with Gasteiger partial charge in [-0.05, 0) is 25.0 Å². The molecule has 6 nitrogen and oxygen atoms in total. The van der Waals surface area contributed by atoms with E-state index in [-0.39, 0.29) is 5.92 Å². The van der Waals surface area contributed by atoms with E-state index in [4.69, 9.17) is 4.74 Å². The summed E-state index contributed by atoms with van der Waals surface area (Å²) in [6.45, 7) is 5.49. The summed E-state index contributed by atoms with van der Waals surface area (Å²) in [4.78, 5) is 20.2. The van der Waals surface area contributed by atoms with Gasteiger partial charge in [-0.1, -0.05) is 13.8 Å². The molecule has 0 saturated heterocycles. The molecule has 6 heteroatoms. The van der Waals surface area contributed by atoms with Gasteiger partial charge in [-0.15, -0.1) is 0 Å². The van der Waals surface area contributed by atoms with E-state index in [1.54, 1.807) is 32.2 Å². The van der Waals surface area contributed by atoms with E-state index in [9.17, 15) is 9.90 Å². The number of ether oxygens (including phenoxy) is 1. The smallest absolute Gasteiger partial charge is 0.326 e. The Morgan fingerprint density at radius 2 is 2.00 bits per heavy atom. The number of anilines is 1. The first-order chi connectivity index (χ1) is 9.92. The quantitative estimate of drug-likeness (QED) is 0.879. The van der Waals surface area contributed by atoms with Gasteiger partial charge in [-0.3, -0.25) is 0 Å². The van der Waals surface area contributed by atoms with E-state index in [0.717, 1.165) is 0 Å². The number of aromatic nitrogens is 2. The first-order valence-corrected chi connectivity index (χ1v) is 6.74. The number of aliphatic carboxylic acids is 1. The van der Waals surface area contributed by atoms with E-state index in [0.29, 0.717) is 28.3 Å². The Kier molecular flexibility index (Phi) is 4.26. The molecule has 0 unspecified atom stereocenters. The number of aryl methyl sites for hydroxylation is 1. The molecule has 0 saturated carbocycles. The molecule has 0 aliphatic carbocycles. The van der Waals surface area contributed by atoms with Crippen molar-refractivity contribution in [1.82, 2.24) is 9.97 Å². The van der Waals surface area contributed by atoms with E-state index in [2.05, 4.69) is 15.3 Å². The largest absolute Gasteiger partial charge is 0.497 e. The molecule has 0 radical (unpaired) electrons. The molecule has 1 atom stereocenters. The zero-order chi connectivity index (χ0) is 15.6. The Balaban J connectivity index is 2.41. The fourth-order valence-corrected chi connectivity index (χ4v) is 2.05. The van der Waals surface area contributed by atoms with Crippen LogP contribution in [0.5, 0.6) is 5.75 Å². The van der Waals surface area contributed by atoms with Gasteiger partial charge in [0.05, 0.1) is 23.8 Å². The predicted octanol–water partition coefficient (Wildman–Crippen LogP) is 2.47. The van der Waals surface area contributed by atoms with Crippen LogP contribution in [0.2, 0.25) is 0 Å². The molecule has 2 aromatic rings. The lowest BCUT2D eigenvalue weighted by atomic mass is 10.0. The molecule has 0 amide bonds. The second kappa shape index (κ2) is 5.95. The average molecular weight is 289 g/mol. The minimum Gasteiger partial charge on any atom is -0.497 e. The van der Waals surface area contributed by atoms with Gasteiger partial charge in [0.15, 0.2) is 0 Å². The van der Waals surface area contributed by atoms with Crippen molar-refractivity contribution in [2.45, 2.75) is 26.8 Å². The van der Waals surface area contributed by atoms with Crippen LogP contribution in [0, 0.1) is 12.8 Å². The van der Waals surface area contributed by atoms with Gasteiger partial charge in [0.25, 0.3) is 0 Å². The fraction of sp³-hybridized carbons (Fsp3) is 0.400. The Labute approximate surface area is 123 Å². The summed E-state index contributed by atoms with van der Waals surface area (Å²) in [5.41, 5.74) is 2.06. The highest BCUT2D eigenvalue weighted by Gasteiger charge is 2.22. The topological polar surface area (TPSA) is 84.3 Å².